The topological polar surface area (TPSA) is 548 Å². The number of aliphatic hydroxyl groups excluding tert-OH is 2. The molecule has 11 amide bonds. The second-order valence-corrected chi connectivity index (χ2v) is 30.6. The number of methoxy groups -OCH3 is 1. The second-order valence-electron chi connectivity index (χ2n) is 28.1. The molecule has 2 unspecified atom stereocenters. The average molecular weight is 1660 g/mol. The molecule has 1 aromatic heterocycles. The number of aromatic amines is 1. The number of aromatic nitrogens is 1. The zero-order chi connectivity index (χ0) is 84.1. The van der Waals surface area contributed by atoms with E-state index in [1.54, 1.807) is 39.8 Å². The molecular formula is C75H127N13O24S2. The number of fused-ring (bicyclic) bond motifs is 4. The van der Waals surface area contributed by atoms with Gasteiger partial charge in [-0.3, -0.25) is 52.7 Å². The maximum Gasteiger partial charge on any atom is 0.248 e. The number of nitrogens with two attached hydrogens (primary N) is 3. The molecule has 4 rings (SSSR count). The van der Waals surface area contributed by atoms with Crippen LogP contribution in [0.1, 0.15) is 124 Å². The third-order valence-electron chi connectivity index (χ3n) is 19.8. The summed E-state index contributed by atoms with van der Waals surface area (Å²) < 4.78 is 65.5. The number of carbonyl (C=O) groups is 11. The van der Waals surface area contributed by atoms with E-state index in [-0.39, 0.29) is 54.2 Å². The van der Waals surface area contributed by atoms with Gasteiger partial charge in [0.1, 0.15) is 41.7 Å². The molecule has 13 atom stereocenters. The molecule has 1 fully saturated rings. The van der Waals surface area contributed by atoms with Crippen molar-refractivity contribution in [1.82, 2.24) is 52.4 Å². The zero-order valence-electron chi connectivity index (χ0n) is 67.4. The van der Waals surface area contributed by atoms with Crippen molar-refractivity contribution in [3.05, 3.63) is 23.3 Å². The Hall–Kier alpha value is -7.09. The summed E-state index contributed by atoms with van der Waals surface area (Å²) in [6.45, 7) is 16.5. The molecule has 18 N–H and O–H groups in total. The monoisotopic (exact) mass is 1660 g/mol. The van der Waals surface area contributed by atoms with Gasteiger partial charge in [-0.15, -0.1) is 0 Å². The fourth-order valence-corrected chi connectivity index (χ4v) is 15.2. The highest BCUT2D eigenvalue weighted by molar-refractivity contribution is 7.98. The van der Waals surface area contributed by atoms with Gasteiger partial charge in [-0.2, -0.15) is 11.8 Å². The Morgan fingerprint density at radius 3 is 1.85 bits per heavy atom. The highest BCUT2D eigenvalue weighted by Crippen LogP contribution is 2.42. The van der Waals surface area contributed by atoms with Gasteiger partial charge in [-0.1, -0.05) is 61.3 Å². The van der Waals surface area contributed by atoms with Crippen molar-refractivity contribution in [3.63, 3.8) is 0 Å². The molecule has 1 aromatic carbocycles. The number of ether oxygens (including phenoxy) is 9. The molecule has 2 aromatic rings. The maximum absolute atomic E-state index is 15.6. The van der Waals surface area contributed by atoms with Crippen molar-refractivity contribution in [1.29, 1.82) is 0 Å². The number of benzene rings is 1. The fraction of sp³-hybridized carbons (Fsp3) is 0.747. The first kappa shape index (κ1) is 99.3. The van der Waals surface area contributed by atoms with E-state index in [4.69, 9.17) is 59.8 Å². The Labute approximate surface area is 674 Å². The smallest absolute Gasteiger partial charge is 0.248 e. The van der Waals surface area contributed by atoms with Crippen LogP contribution >= 0.6 is 11.8 Å². The third kappa shape index (κ3) is 33.9. The van der Waals surface area contributed by atoms with E-state index in [9.17, 15) is 53.7 Å². The molecule has 114 heavy (non-hydrogen) atoms. The number of unbranched alkanes of at least 4 members (excludes halogenated alkanes) is 1. The van der Waals surface area contributed by atoms with Gasteiger partial charge in [0.25, 0.3) is 0 Å². The summed E-state index contributed by atoms with van der Waals surface area (Å²) in [7, 11) is 1.44. The molecule has 2 aliphatic heterocycles. The van der Waals surface area contributed by atoms with Gasteiger partial charge in [0.2, 0.25) is 70.0 Å². The number of H-pyrrole nitrogens is 1. The van der Waals surface area contributed by atoms with Gasteiger partial charge in [-0.05, 0) is 55.4 Å². The molecule has 0 bridgehead atoms. The van der Waals surface area contributed by atoms with E-state index >= 15 is 18.9 Å². The maximum atomic E-state index is 15.6. The zero-order valence-corrected chi connectivity index (χ0v) is 69.0. The number of primary amides is 2. The Morgan fingerprint density at radius 2 is 1.31 bits per heavy atom. The second kappa shape index (κ2) is 54.8. The fourth-order valence-electron chi connectivity index (χ4n) is 12.8. The number of hydrogen-bond acceptors (Lipinski definition) is 26. The minimum Gasteiger partial charge on any atom is -0.610 e. The van der Waals surface area contributed by atoms with Crippen molar-refractivity contribution < 1.29 is 115 Å². The quantitative estimate of drug-likeness (QED) is 0.0245. The summed E-state index contributed by atoms with van der Waals surface area (Å²) in [4.78, 5) is 156. The molecule has 0 spiro atoms. The van der Waals surface area contributed by atoms with Gasteiger partial charge < -0.3 is 132 Å². The Balaban J connectivity index is 1.44. The van der Waals surface area contributed by atoms with E-state index in [1.807, 2.05) is 6.92 Å². The van der Waals surface area contributed by atoms with E-state index in [0.29, 0.717) is 179 Å². The summed E-state index contributed by atoms with van der Waals surface area (Å²) in [6.07, 6.45) is -0.0248. The molecule has 0 radical (unpaired) electrons. The minimum absolute atomic E-state index is 0.0574. The van der Waals surface area contributed by atoms with Gasteiger partial charge >= 0.3 is 0 Å². The summed E-state index contributed by atoms with van der Waals surface area (Å²) >= 11 is -0.969. The van der Waals surface area contributed by atoms with Crippen LogP contribution < -0.4 is 64.5 Å². The van der Waals surface area contributed by atoms with Crippen LogP contribution in [-0.2, 0) is 114 Å². The van der Waals surface area contributed by atoms with Crippen molar-refractivity contribution in [2.24, 2.45) is 40.9 Å². The first-order valence-corrected chi connectivity index (χ1v) is 41.8. The molecule has 2 aliphatic rings. The van der Waals surface area contributed by atoms with E-state index in [1.165, 1.54) is 32.7 Å². The molecular weight excluding hydrogens is 1530 g/mol. The number of rotatable bonds is 55. The minimum atomic E-state index is -2.47. The first-order chi connectivity index (χ1) is 54.6. The number of nitrogens with one attached hydrogen (secondary N) is 9. The van der Waals surface area contributed by atoms with E-state index < -0.39 is 181 Å². The first-order valence-electron chi connectivity index (χ1n) is 39.3. The molecule has 0 saturated carbocycles. The van der Waals surface area contributed by atoms with Crippen LogP contribution in [0.3, 0.4) is 0 Å². The van der Waals surface area contributed by atoms with Crippen molar-refractivity contribution in [3.8, 4) is 5.75 Å². The molecule has 39 heteroatoms. The summed E-state index contributed by atoms with van der Waals surface area (Å²) in [5, 5.41) is 55.2. The number of thioether (sulfide) groups is 1. The van der Waals surface area contributed by atoms with Crippen LogP contribution in [0.2, 0.25) is 0 Å². The number of amides is 11. The van der Waals surface area contributed by atoms with E-state index in [2.05, 4.69) is 47.5 Å². The lowest BCUT2D eigenvalue weighted by molar-refractivity contribution is -0.144. The molecule has 1 saturated heterocycles. The standard InChI is InChI=1S/C75H127N13O24S2/c1-9-14-48(5)75(102)46-88-67(50(75)7)72(100)86-65(49(6)57(90)43-89)71(99)84-55(68(78)96)41-52-51-15-17-58(104-8)53(66(51)87-73(52)114(103)45-56(69(97)83-54(74(88)101)16-18-59(77)91)82-63(95)42-81-70(98)64(47(4)10-2)85-60(92)11-3)44-113-40-13-12-22-79-62(94)20-24-105-26-28-107-30-32-109-34-36-111-38-39-112-37-35-110-33-31-108-29-27-106-25-23-80-61(93)19-21-76/h15,17,47-50,54-57,64-65,67,87,89-90,102H,9-14,16,18-46,76H2,1-8H3,(H2,77,91)(H2,78,96)(H,79,94)(H,80,93)(H,81,98)(H,82,95)(H,83,97)(H,84,99)(H,85,92)(H,86,100)/t47-,48-,49-,50?,54-,55-,56-,57-,64-,65-,67-,75+,114?/m0/s1. The summed E-state index contributed by atoms with van der Waals surface area (Å²) in [5.41, 5.74) is 16.3. The molecule has 37 nitrogen and oxygen atoms in total. The van der Waals surface area contributed by atoms with Gasteiger partial charge in [0.05, 0.1) is 150 Å². The van der Waals surface area contributed by atoms with Crippen LogP contribution in [0.15, 0.2) is 17.2 Å². The Bertz CT molecular complexity index is 3310. The van der Waals surface area contributed by atoms with Crippen LogP contribution in [-0.4, -0.2) is 306 Å². The Kier molecular flexibility index (Phi) is 47.7. The van der Waals surface area contributed by atoms with Crippen LogP contribution in [0, 0.1) is 23.7 Å². The number of carbonyl (C=O) groups excluding carboxylic acids is 11. The van der Waals surface area contributed by atoms with Gasteiger partial charge in [0, 0.05) is 97.0 Å². The van der Waals surface area contributed by atoms with Gasteiger partial charge in [0.15, 0.2) is 6.04 Å². The SMILES string of the molecule is CCC[C@H](C)[C@]1(O)CN2C(=O)[C@H](CCC(N)=O)NC(=O)[C@@H](NC(=O)CNC(=O)[C@@H](NC(=O)CC)[C@@H](C)CC)C[S+]([O-])c3[nH]c4c(CSCCCCNC(=O)CCOCCOCCOCCOCCOCCOCCOCCOCCNC(=O)CCN)c(OC)ccc4c3C[C@@H](C(N)=O)NC(=O)[C@H]([C@@H](C)[C@@H](O)CO)NC(=O)[C@@H]2C1C. The highest BCUT2D eigenvalue weighted by Gasteiger charge is 2.57. The van der Waals surface area contributed by atoms with Crippen molar-refractivity contribution in [2.45, 2.75) is 178 Å². The lowest BCUT2D eigenvalue weighted by Crippen LogP contribution is -2.62. The number of nitrogens with zero attached hydrogens (tertiary/aromatic N) is 1. The predicted octanol–water partition coefficient (Wildman–Crippen LogP) is -2.29. The van der Waals surface area contributed by atoms with E-state index in [0.717, 1.165) is 4.90 Å². The van der Waals surface area contributed by atoms with Crippen molar-refractivity contribution in [2.75, 3.05) is 164 Å². The Morgan fingerprint density at radius 1 is 0.728 bits per heavy atom. The number of hydrogen-bond donors (Lipinski definition) is 15. The lowest BCUT2D eigenvalue weighted by atomic mass is 9.76. The average Bonchev–Trinajstić information content (AvgIpc) is 1.65. The lowest BCUT2D eigenvalue weighted by Gasteiger charge is -2.34. The summed E-state index contributed by atoms with van der Waals surface area (Å²) in [5.74, 6) is -11.7. The highest BCUT2D eigenvalue weighted by atomic mass is 32.2. The molecule has 0 aliphatic carbocycles. The number of aliphatic hydroxyl groups is 3. The molecule has 648 valence electrons. The van der Waals surface area contributed by atoms with Gasteiger partial charge in [-0.25, -0.2) is 0 Å². The normalized spacial score (nSPS) is 21.0. The summed E-state index contributed by atoms with van der Waals surface area (Å²) in [6, 6.07) is -6.55. The van der Waals surface area contributed by atoms with Crippen LogP contribution in [0.4, 0.5) is 0 Å². The third-order valence-corrected chi connectivity index (χ3v) is 22.3. The predicted molar refractivity (Wildman–Crippen MR) is 422 cm³/mol. The molecule has 3 heterocycles. The van der Waals surface area contributed by atoms with Crippen LogP contribution in [0.5, 0.6) is 5.75 Å². The van der Waals surface area contributed by atoms with Crippen LogP contribution in [0.25, 0.3) is 10.9 Å². The van der Waals surface area contributed by atoms with Crippen molar-refractivity contribution >= 4 is 98.8 Å². The largest absolute Gasteiger partial charge is 0.610 e.